The van der Waals surface area contributed by atoms with E-state index in [-0.39, 0.29) is 12.5 Å². The number of rotatable bonds is 7. The number of likely N-dealkylation sites (tertiary alicyclic amines) is 1. The number of aliphatic hydroxyl groups excluding tert-OH is 1. The highest BCUT2D eigenvalue weighted by atomic mass is 16.3. The smallest absolute Gasteiger partial charge is 0.225 e. The summed E-state index contributed by atoms with van der Waals surface area (Å²) in [7, 11) is 0. The van der Waals surface area contributed by atoms with Gasteiger partial charge in [-0.25, -0.2) is 9.97 Å². The third-order valence-corrected chi connectivity index (χ3v) is 8.34. The predicted molar refractivity (Wildman–Crippen MR) is 148 cm³/mol. The average Bonchev–Trinajstić information content (AvgIpc) is 3.27. The molecule has 1 aliphatic carbocycles. The van der Waals surface area contributed by atoms with Crippen LogP contribution in [0.25, 0.3) is 11.2 Å². The summed E-state index contributed by atoms with van der Waals surface area (Å²) in [5.41, 5.74) is 6.56. The summed E-state index contributed by atoms with van der Waals surface area (Å²) in [6.45, 7) is 8.92. The second-order valence-corrected chi connectivity index (χ2v) is 11.1. The second kappa shape index (κ2) is 11.2. The molecule has 37 heavy (non-hydrogen) atoms. The fraction of sp³-hybridized carbons (Fsp3) is 0.567. The minimum atomic E-state index is 0.157. The molecule has 3 aromatic rings. The van der Waals surface area contributed by atoms with Gasteiger partial charge in [-0.05, 0) is 87.6 Å². The molecule has 0 bridgehead atoms. The summed E-state index contributed by atoms with van der Waals surface area (Å²) in [6.07, 6.45) is 6.69. The van der Waals surface area contributed by atoms with Gasteiger partial charge in [0.25, 0.3) is 0 Å². The Labute approximate surface area is 220 Å². The van der Waals surface area contributed by atoms with Crippen LogP contribution < -0.4 is 5.32 Å². The minimum Gasteiger partial charge on any atom is -0.396 e. The highest BCUT2D eigenvalue weighted by molar-refractivity contribution is 5.79. The Morgan fingerprint density at radius 3 is 2.38 bits per heavy atom. The first kappa shape index (κ1) is 25.7. The first-order chi connectivity index (χ1) is 17.9. The highest BCUT2D eigenvalue weighted by Crippen LogP contribution is 2.30. The molecule has 3 heterocycles. The summed E-state index contributed by atoms with van der Waals surface area (Å²) in [5, 5.41) is 13.1. The van der Waals surface area contributed by atoms with E-state index in [0.29, 0.717) is 17.9 Å². The third kappa shape index (κ3) is 5.66. The summed E-state index contributed by atoms with van der Waals surface area (Å²) in [4.78, 5) is 24.7. The van der Waals surface area contributed by atoms with Gasteiger partial charge in [-0.15, -0.1) is 0 Å². The zero-order chi connectivity index (χ0) is 25.9. The first-order valence-corrected chi connectivity index (χ1v) is 14.0. The Bertz CT molecular complexity index is 1220. The number of aryl methyl sites for hydroxylation is 3. The lowest BCUT2D eigenvalue weighted by atomic mass is 9.84. The molecule has 0 spiro atoms. The van der Waals surface area contributed by atoms with E-state index in [2.05, 4.69) is 54.1 Å². The minimum absolute atomic E-state index is 0.157. The summed E-state index contributed by atoms with van der Waals surface area (Å²) in [5.74, 6) is 1.93. The molecule has 2 aromatic heterocycles. The van der Waals surface area contributed by atoms with Crippen LogP contribution in [0.3, 0.4) is 0 Å². The molecule has 1 saturated heterocycles. The van der Waals surface area contributed by atoms with Gasteiger partial charge in [0.1, 0.15) is 11.3 Å². The topological polar surface area (TPSA) is 83.3 Å². The van der Waals surface area contributed by atoms with Crippen LogP contribution in [-0.4, -0.2) is 56.2 Å². The van der Waals surface area contributed by atoms with Gasteiger partial charge in [-0.3, -0.25) is 4.79 Å². The largest absolute Gasteiger partial charge is 0.396 e. The molecule has 1 aliphatic heterocycles. The Kier molecular flexibility index (Phi) is 7.79. The van der Waals surface area contributed by atoms with Gasteiger partial charge in [0.15, 0.2) is 5.65 Å². The Morgan fingerprint density at radius 1 is 1.03 bits per heavy atom. The van der Waals surface area contributed by atoms with E-state index in [4.69, 9.17) is 9.97 Å². The zero-order valence-electron chi connectivity index (χ0n) is 22.5. The van der Waals surface area contributed by atoms with E-state index >= 15 is 0 Å². The van der Waals surface area contributed by atoms with Gasteiger partial charge in [0, 0.05) is 49.5 Å². The Balaban J connectivity index is 1.16. The quantitative estimate of drug-likeness (QED) is 0.481. The molecule has 5 rings (SSSR count). The van der Waals surface area contributed by atoms with Gasteiger partial charge in [0.05, 0.1) is 6.54 Å². The molecular formula is C30H41N5O2. The highest BCUT2D eigenvalue weighted by Gasteiger charge is 2.31. The standard InChI is InChI=1S/C30H41N5O2/c1-4-27-33-28-20(2)17-21(3)31-29(28)35(27)18-22-5-9-25(10-6-22)32-26-11-7-24(8-12-26)30(37)34-15-13-23(19-36)14-16-34/h5-6,9-10,17,23-24,26,32,36H,4,7-8,11-16,18-19H2,1-3H3. The third-order valence-electron chi connectivity index (χ3n) is 8.34. The molecule has 1 aromatic carbocycles. The van der Waals surface area contributed by atoms with Gasteiger partial charge in [0.2, 0.25) is 5.91 Å². The number of anilines is 1. The van der Waals surface area contributed by atoms with Crippen LogP contribution in [0.2, 0.25) is 0 Å². The van der Waals surface area contributed by atoms with Crippen LogP contribution >= 0.6 is 0 Å². The normalized spacial score (nSPS) is 20.9. The first-order valence-electron chi connectivity index (χ1n) is 14.0. The van der Waals surface area contributed by atoms with E-state index in [1.165, 1.54) is 11.1 Å². The van der Waals surface area contributed by atoms with Gasteiger partial charge < -0.3 is 19.9 Å². The van der Waals surface area contributed by atoms with Gasteiger partial charge >= 0.3 is 0 Å². The van der Waals surface area contributed by atoms with Crippen LogP contribution in [0.5, 0.6) is 0 Å². The van der Waals surface area contributed by atoms with Crippen molar-refractivity contribution < 1.29 is 9.90 Å². The Morgan fingerprint density at radius 2 is 1.73 bits per heavy atom. The fourth-order valence-corrected chi connectivity index (χ4v) is 6.09. The number of piperidine rings is 1. The molecule has 0 atom stereocenters. The lowest BCUT2D eigenvalue weighted by molar-refractivity contribution is -0.138. The number of amides is 1. The molecule has 0 unspecified atom stereocenters. The molecule has 2 aliphatic rings. The number of imidazole rings is 1. The van der Waals surface area contributed by atoms with Crippen molar-refractivity contribution in [3.8, 4) is 0 Å². The second-order valence-electron chi connectivity index (χ2n) is 11.1. The number of benzene rings is 1. The number of nitrogens with one attached hydrogen (secondary N) is 1. The molecular weight excluding hydrogens is 462 g/mol. The Hall–Kier alpha value is -2.93. The number of nitrogens with zero attached hydrogens (tertiary/aromatic N) is 4. The molecule has 198 valence electrons. The average molecular weight is 504 g/mol. The lowest BCUT2D eigenvalue weighted by Gasteiger charge is -2.36. The predicted octanol–water partition coefficient (Wildman–Crippen LogP) is 4.86. The van der Waals surface area contributed by atoms with E-state index in [9.17, 15) is 9.90 Å². The van der Waals surface area contributed by atoms with Crippen LogP contribution in [0.15, 0.2) is 30.3 Å². The van der Waals surface area contributed by atoms with Gasteiger partial charge in [-0.1, -0.05) is 19.1 Å². The summed E-state index contributed by atoms with van der Waals surface area (Å²) >= 11 is 0. The van der Waals surface area contributed by atoms with E-state index in [1.54, 1.807) is 0 Å². The molecule has 2 N–H and O–H groups in total. The maximum absolute atomic E-state index is 13.0. The summed E-state index contributed by atoms with van der Waals surface area (Å²) < 4.78 is 2.25. The maximum Gasteiger partial charge on any atom is 0.225 e. The number of aliphatic hydroxyl groups is 1. The zero-order valence-corrected chi connectivity index (χ0v) is 22.5. The number of hydrogen-bond acceptors (Lipinski definition) is 5. The summed E-state index contributed by atoms with van der Waals surface area (Å²) in [6, 6.07) is 11.3. The number of aromatic nitrogens is 3. The molecule has 7 heteroatoms. The van der Waals surface area contributed by atoms with Crippen LogP contribution in [0, 0.1) is 25.7 Å². The number of hydrogen-bond donors (Lipinski definition) is 2. The van der Waals surface area contributed by atoms with Crippen molar-refractivity contribution in [2.45, 2.75) is 78.3 Å². The molecule has 7 nitrogen and oxygen atoms in total. The van der Waals surface area contributed by atoms with Crippen LogP contribution in [0.1, 0.15) is 68.1 Å². The molecule has 0 radical (unpaired) electrons. The number of fused-ring (bicyclic) bond motifs is 1. The number of carbonyl (C=O) groups excluding carboxylic acids is 1. The van der Waals surface area contributed by atoms with Crippen LogP contribution in [-0.2, 0) is 17.8 Å². The lowest BCUT2D eigenvalue weighted by Crippen LogP contribution is -2.43. The number of carbonyl (C=O) groups is 1. The van der Waals surface area contributed by atoms with Crippen molar-refractivity contribution in [2.75, 3.05) is 25.0 Å². The SMILES string of the molecule is CCc1nc2c(C)cc(C)nc2n1Cc1ccc(NC2CCC(C(=O)N3CCC(CO)CC3)CC2)cc1. The van der Waals surface area contributed by atoms with Crippen molar-refractivity contribution in [3.05, 3.63) is 53.0 Å². The fourth-order valence-electron chi connectivity index (χ4n) is 6.09. The molecule has 1 saturated carbocycles. The van der Waals surface area contributed by atoms with E-state index < -0.39 is 0 Å². The number of pyridine rings is 1. The van der Waals surface area contributed by atoms with Gasteiger partial charge in [-0.2, -0.15) is 0 Å². The molecule has 1 amide bonds. The molecule has 2 fully saturated rings. The van der Waals surface area contributed by atoms with Crippen molar-refractivity contribution in [1.29, 1.82) is 0 Å². The van der Waals surface area contributed by atoms with Crippen molar-refractivity contribution in [3.63, 3.8) is 0 Å². The maximum atomic E-state index is 13.0. The van der Waals surface area contributed by atoms with Crippen molar-refractivity contribution in [1.82, 2.24) is 19.4 Å². The van der Waals surface area contributed by atoms with E-state index in [0.717, 1.165) is 92.9 Å². The monoisotopic (exact) mass is 503 g/mol. The van der Waals surface area contributed by atoms with Crippen LogP contribution in [0.4, 0.5) is 5.69 Å². The van der Waals surface area contributed by atoms with Crippen molar-refractivity contribution in [2.24, 2.45) is 11.8 Å². The van der Waals surface area contributed by atoms with E-state index in [1.807, 2.05) is 11.8 Å². The van der Waals surface area contributed by atoms with Crippen molar-refractivity contribution >= 4 is 22.8 Å².